The summed E-state index contributed by atoms with van der Waals surface area (Å²) in [5.74, 6) is 0. The molecule has 1 radical (unpaired) electrons. The molecule has 3 nitrogen and oxygen atoms in total. The first kappa shape index (κ1) is 14.1. The van der Waals surface area contributed by atoms with Gasteiger partial charge in [0.1, 0.15) is 0 Å². The molecule has 0 N–H and O–H groups in total. The van der Waals surface area contributed by atoms with Crippen LogP contribution in [0.1, 0.15) is 32.6 Å². The van der Waals surface area contributed by atoms with Gasteiger partial charge >= 0.3 is 8.80 Å². The molecular weight excluding hydrogens is 196 g/mol. The minimum atomic E-state index is -2.31. The van der Waals surface area contributed by atoms with Crippen molar-refractivity contribution in [3.05, 3.63) is 6.92 Å². The maximum Gasteiger partial charge on any atom is 0.500 e. The van der Waals surface area contributed by atoms with Crippen molar-refractivity contribution in [1.29, 1.82) is 0 Å². The smallest absolute Gasteiger partial charge is 0.377 e. The largest absolute Gasteiger partial charge is 0.500 e. The second kappa shape index (κ2) is 8.41. The maximum atomic E-state index is 5.59. The average molecular weight is 219 g/mol. The highest BCUT2D eigenvalue weighted by Gasteiger charge is 2.37. The molecule has 0 heterocycles. The summed E-state index contributed by atoms with van der Waals surface area (Å²) in [5.41, 5.74) is 0. The highest BCUT2D eigenvalue weighted by Crippen LogP contribution is 2.18. The highest BCUT2D eigenvalue weighted by molar-refractivity contribution is 6.60. The van der Waals surface area contributed by atoms with Crippen LogP contribution in [0.4, 0.5) is 0 Å². The summed E-state index contributed by atoms with van der Waals surface area (Å²) in [6.45, 7) is 6.44. The van der Waals surface area contributed by atoms with Crippen molar-refractivity contribution in [3.8, 4) is 0 Å². The third kappa shape index (κ3) is 5.10. The summed E-state index contributed by atoms with van der Waals surface area (Å²) in [6, 6.07) is 0.911. The Morgan fingerprint density at radius 2 is 1.71 bits per heavy atom. The predicted octanol–water partition coefficient (Wildman–Crippen LogP) is 2.65. The molecule has 0 aliphatic rings. The Labute approximate surface area is 89.1 Å². The summed E-state index contributed by atoms with van der Waals surface area (Å²) in [7, 11) is 1.03. The molecule has 0 aromatic carbocycles. The van der Waals surface area contributed by atoms with Gasteiger partial charge in [0.05, 0.1) is 0 Å². The van der Waals surface area contributed by atoms with Crippen LogP contribution in [-0.2, 0) is 13.3 Å². The first-order chi connectivity index (χ1) is 6.74. The Morgan fingerprint density at radius 3 is 2.14 bits per heavy atom. The number of hydrogen-bond acceptors (Lipinski definition) is 3. The predicted molar refractivity (Wildman–Crippen MR) is 60.0 cm³/mol. The molecule has 0 unspecified atom stereocenters. The second-order valence-electron chi connectivity index (χ2n) is 3.19. The zero-order valence-electron chi connectivity index (χ0n) is 9.67. The Kier molecular flexibility index (Phi) is 8.47. The highest BCUT2D eigenvalue weighted by atomic mass is 28.4. The Balaban J connectivity index is 3.82. The van der Waals surface area contributed by atoms with Crippen molar-refractivity contribution in [2.75, 3.05) is 20.8 Å². The van der Waals surface area contributed by atoms with Gasteiger partial charge in [-0.25, -0.2) is 0 Å². The molecule has 0 aliphatic carbocycles. The van der Waals surface area contributed by atoms with Crippen molar-refractivity contribution < 1.29 is 13.3 Å². The molecule has 0 saturated carbocycles. The van der Waals surface area contributed by atoms with Crippen LogP contribution in [0.15, 0.2) is 0 Å². The SMILES string of the molecule is [CH2]CCCCC[Si](OC)(OC)OCC. The molecule has 0 fully saturated rings. The van der Waals surface area contributed by atoms with Gasteiger partial charge in [0.2, 0.25) is 0 Å². The van der Waals surface area contributed by atoms with Crippen LogP contribution in [0, 0.1) is 6.92 Å². The van der Waals surface area contributed by atoms with E-state index < -0.39 is 8.80 Å². The molecule has 0 rings (SSSR count). The zero-order valence-corrected chi connectivity index (χ0v) is 10.7. The minimum Gasteiger partial charge on any atom is -0.377 e. The fourth-order valence-electron chi connectivity index (χ4n) is 1.39. The summed E-state index contributed by atoms with van der Waals surface area (Å²) in [4.78, 5) is 0. The van der Waals surface area contributed by atoms with Gasteiger partial charge in [-0.1, -0.05) is 26.2 Å². The standard InChI is InChI=1S/C10H23O3Si/c1-5-7-8-9-10-14(11-3,12-4)13-6-2/h1,5-10H2,2-4H3. The van der Waals surface area contributed by atoms with E-state index in [-0.39, 0.29) is 0 Å². The third-order valence-corrected chi connectivity index (χ3v) is 5.16. The molecule has 0 amide bonds. The van der Waals surface area contributed by atoms with Crippen LogP contribution < -0.4 is 0 Å². The molecule has 0 atom stereocenters. The molecule has 4 heteroatoms. The van der Waals surface area contributed by atoms with Gasteiger partial charge in [-0.3, -0.25) is 0 Å². The summed E-state index contributed by atoms with van der Waals surface area (Å²) < 4.78 is 16.4. The number of unbranched alkanes of at least 4 members (excludes halogenated alkanes) is 3. The van der Waals surface area contributed by atoms with Crippen molar-refractivity contribution in [1.82, 2.24) is 0 Å². The normalized spacial score (nSPS) is 12.0. The van der Waals surface area contributed by atoms with E-state index in [4.69, 9.17) is 13.3 Å². The van der Waals surface area contributed by atoms with E-state index in [1.54, 1.807) is 14.2 Å². The lowest BCUT2D eigenvalue weighted by molar-refractivity contribution is 0.103. The topological polar surface area (TPSA) is 27.7 Å². The first-order valence-electron chi connectivity index (χ1n) is 5.28. The summed E-state index contributed by atoms with van der Waals surface area (Å²) in [6.07, 6.45) is 4.45. The fourth-order valence-corrected chi connectivity index (χ4v) is 3.47. The third-order valence-electron chi connectivity index (χ3n) is 2.22. The van der Waals surface area contributed by atoms with Crippen molar-refractivity contribution in [3.63, 3.8) is 0 Å². The average Bonchev–Trinajstić information content (AvgIpc) is 2.23. The van der Waals surface area contributed by atoms with Crippen LogP contribution >= 0.6 is 0 Å². The molecule has 0 saturated heterocycles. The monoisotopic (exact) mass is 219 g/mol. The molecular formula is C10H23O3Si. The Bertz CT molecular complexity index is 127. The van der Waals surface area contributed by atoms with E-state index in [9.17, 15) is 0 Å². The summed E-state index contributed by atoms with van der Waals surface area (Å²) in [5, 5.41) is 0. The first-order valence-corrected chi connectivity index (χ1v) is 7.21. The van der Waals surface area contributed by atoms with E-state index in [0.717, 1.165) is 18.9 Å². The van der Waals surface area contributed by atoms with Gasteiger partial charge < -0.3 is 13.3 Å². The van der Waals surface area contributed by atoms with E-state index in [1.807, 2.05) is 6.92 Å². The van der Waals surface area contributed by atoms with Gasteiger partial charge in [0, 0.05) is 26.9 Å². The molecule has 0 bridgehead atoms. The summed E-state index contributed by atoms with van der Waals surface area (Å²) >= 11 is 0. The number of rotatable bonds is 9. The molecule has 0 spiro atoms. The molecule has 0 aromatic rings. The van der Waals surface area contributed by atoms with Gasteiger partial charge in [0.25, 0.3) is 0 Å². The Hall–Kier alpha value is 0.0969. The van der Waals surface area contributed by atoms with E-state index in [0.29, 0.717) is 6.61 Å². The van der Waals surface area contributed by atoms with Crippen molar-refractivity contribution >= 4 is 8.80 Å². The maximum absolute atomic E-state index is 5.59. The van der Waals surface area contributed by atoms with Crippen LogP contribution in [0.3, 0.4) is 0 Å². The van der Waals surface area contributed by atoms with Crippen LogP contribution in [0.2, 0.25) is 6.04 Å². The Morgan fingerprint density at radius 1 is 1.07 bits per heavy atom. The van der Waals surface area contributed by atoms with Crippen molar-refractivity contribution in [2.45, 2.75) is 38.7 Å². The van der Waals surface area contributed by atoms with Crippen LogP contribution in [0.25, 0.3) is 0 Å². The lowest BCUT2D eigenvalue weighted by Crippen LogP contribution is -2.43. The molecule has 0 aliphatic heterocycles. The molecule has 0 aromatic heterocycles. The van der Waals surface area contributed by atoms with Crippen molar-refractivity contribution in [2.24, 2.45) is 0 Å². The van der Waals surface area contributed by atoms with Crippen LogP contribution in [-0.4, -0.2) is 29.6 Å². The van der Waals surface area contributed by atoms with E-state index in [1.165, 1.54) is 12.8 Å². The van der Waals surface area contributed by atoms with Gasteiger partial charge in [-0.15, -0.1) is 0 Å². The van der Waals surface area contributed by atoms with Gasteiger partial charge in [0.15, 0.2) is 0 Å². The number of hydrogen-bond donors (Lipinski definition) is 0. The minimum absolute atomic E-state index is 0.656. The quantitative estimate of drug-likeness (QED) is 0.441. The second-order valence-corrected chi connectivity index (χ2v) is 6.16. The van der Waals surface area contributed by atoms with E-state index >= 15 is 0 Å². The van der Waals surface area contributed by atoms with Gasteiger partial charge in [-0.2, -0.15) is 0 Å². The molecule has 85 valence electrons. The fraction of sp³-hybridized carbons (Fsp3) is 0.900. The molecule has 14 heavy (non-hydrogen) atoms. The van der Waals surface area contributed by atoms with Gasteiger partial charge in [-0.05, 0) is 13.3 Å². The lowest BCUT2D eigenvalue weighted by atomic mass is 10.2. The van der Waals surface area contributed by atoms with E-state index in [2.05, 4.69) is 6.92 Å². The lowest BCUT2D eigenvalue weighted by Gasteiger charge is -2.25. The zero-order chi connectivity index (χ0) is 10.9. The van der Waals surface area contributed by atoms with Crippen LogP contribution in [0.5, 0.6) is 0 Å².